The zero-order chi connectivity index (χ0) is 17.3. The highest BCUT2D eigenvalue weighted by molar-refractivity contribution is 6.30. The van der Waals surface area contributed by atoms with Crippen LogP contribution in [-0.2, 0) is 11.2 Å². The lowest BCUT2D eigenvalue weighted by Crippen LogP contribution is -2.49. The average Bonchev–Trinajstić information content (AvgIpc) is 2.83. The Kier molecular flexibility index (Phi) is 4.30. The molecule has 0 radical (unpaired) electrons. The van der Waals surface area contributed by atoms with Crippen molar-refractivity contribution >= 4 is 23.5 Å². The number of imide groups is 1. The number of aliphatic hydroxyl groups excluding tert-OH is 1. The average molecular weight is 345 g/mol. The maximum atomic E-state index is 12.1. The van der Waals surface area contributed by atoms with Crippen LogP contribution in [0.2, 0.25) is 5.02 Å². The number of halogens is 1. The van der Waals surface area contributed by atoms with E-state index in [1.807, 2.05) is 36.4 Å². The van der Waals surface area contributed by atoms with Crippen molar-refractivity contribution in [2.45, 2.75) is 25.0 Å². The summed E-state index contributed by atoms with van der Waals surface area (Å²) in [5.74, 6) is -0.540. The summed E-state index contributed by atoms with van der Waals surface area (Å²) in [5, 5.41) is 16.1. The summed E-state index contributed by atoms with van der Waals surface area (Å²) in [4.78, 5) is 23.5. The molecule has 5 nitrogen and oxygen atoms in total. The van der Waals surface area contributed by atoms with Crippen LogP contribution < -0.4 is 10.6 Å². The number of amides is 3. The predicted molar refractivity (Wildman–Crippen MR) is 90.7 cm³/mol. The van der Waals surface area contributed by atoms with Crippen molar-refractivity contribution in [3.05, 3.63) is 70.2 Å². The largest absolute Gasteiger partial charge is 0.385 e. The van der Waals surface area contributed by atoms with Crippen molar-refractivity contribution in [3.63, 3.8) is 0 Å². The van der Waals surface area contributed by atoms with Crippen LogP contribution in [0, 0.1) is 0 Å². The third-order valence-corrected chi connectivity index (χ3v) is 4.53. The van der Waals surface area contributed by atoms with Gasteiger partial charge in [0.1, 0.15) is 11.6 Å². The van der Waals surface area contributed by atoms with Crippen molar-refractivity contribution in [1.29, 1.82) is 0 Å². The number of carbonyl (C=O) groups excluding carboxylic acids is 2. The maximum Gasteiger partial charge on any atom is 0.322 e. The highest BCUT2D eigenvalue weighted by atomic mass is 35.5. The summed E-state index contributed by atoms with van der Waals surface area (Å²) >= 11 is 5.91. The lowest BCUT2D eigenvalue weighted by Gasteiger charge is -2.28. The van der Waals surface area contributed by atoms with Crippen LogP contribution in [-0.4, -0.2) is 22.6 Å². The summed E-state index contributed by atoms with van der Waals surface area (Å²) in [7, 11) is 0. The second-order valence-electron chi connectivity index (χ2n) is 6.02. The van der Waals surface area contributed by atoms with Crippen molar-refractivity contribution in [2.75, 3.05) is 0 Å². The molecule has 3 N–H and O–H groups in total. The zero-order valence-electron chi connectivity index (χ0n) is 13.0. The van der Waals surface area contributed by atoms with E-state index in [2.05, 4.69) is 10.6 Å². The first-order valence-corrected chi connectivity index (χ1v) is 7.92. The van der Waals surface area contributed by atoms with Gasteiger partial charge in [0, 0.05) is 5.02 Å². The minimum atomic E-state index is -1.40. The van der Waals surface area contributed by atoms with Crippen LogP contribution >= 0.6 is 11.6 Å². The standard InChI is InChI=1S/C18H17ClN2O3/c1-18(16(23)20-17(24)21-18)15(22)14-5-3-2-4-12(14)10-11-6-8-13(19)9-7-11/h2-9,15,22H,10H2,1H3,(H2,20,21,23,24). The molecule has 1 fully saturated rings. The molecular weight excluding hydrogens is 328 g/mol. The molecule has 2 atom stereocenters. The van der Waals surface area contributed by atoms with Gasteiger partial charge in [0.2, 0.25) is 0 Å². The summed E-state index contributed by atoms with van der Waals surface area (Å²) < 4.78 is 0. The Morgan fingerprint density at radius 2 is 1.79 bits per heavy atom. The van der Waals surface area contributed by atoms with Crippen LogP contribution in [0.15, 0.2) is 48.5 Å². The summed E-state index contributed by atoms with van der Waals surface area (Å²) in [6, 6.07) is 14.2. The topological polar surface area (TPSA) is 78.4 Å². The number of hydrogen-bond donors (Lipinski definition) is 3. The number of urea groups is 1. The molecule has 0 aromatic heterocycles. The van der Waals surface area contributed by atoms with E-state index in [0.29, 0.717) is 17.0 Å². The second kappa shape index (κ2) is 6.26. The molecule has 0 spiro atoms. The van der Waals surface area contributed by atoms with Gasteiger partial charge in [-0.05, 0) is 42.2 Å². The molecule has 2 aromatic carbocycles. The van der Waals surface area contributed by atoms with Gasteiger partial charge in [0.05, 0.1) is 0 Å². The van der Waals surface area contributed by atoms with Crippen LogP contribution in [0.5, 0.6) is 0 Å². The molecule has 3 rings (SSSR count). The van der Waals surface area contributed by atoms with E-state index < -0.39 is 23.6 Å². The fourth-order valence-electron chi connectivity index (χ4n) is 2.84. The van der Waals surface area contributed by atoms with E-state index in [0.717, 1.165) is 11.1 Å². The van der Waals surface area contributed by atoms with Gasteiger partial charge in [-0.15, -0.1) is 0 Å². The van der Waals surface area contributed by atoms with Gasteiger partial charge in [0.15, 0.2) is 0 Å². The van der Waals surface area contributed by atoms with Crippen LogP contribution in [0.1, 0.15) is 29.7 Å². The third kappa shape index (κ3) is 3.00. The highest BCUT2D eigenvalue weighted by Gasteiger charge is 2.48. The van der Waals surface area contributed by atoms with Crippen molar-refractivity contribution in [1.82, 2.24) is 10.6 Å². The fourth-order valence-corrected chi connectivity index (χ4v) is 2.97. The quantitative estimate of drug-likeness (QED) is 0.746. The summed E-state index contributed by atoms with van der Waals surface area (Å²) in [6.45, 7) is 1.51. The van der Waals surface area contributed by atoms with E-state index in [-0.39, 0.29) is 0 Å². The first kappa shape index (κ1) is 16.5. The molecular formula is C18H17ClN2O3. The van der Waals surface area contributed by atoms with E-state index in [1.165, 1.54) is 6.92 Å². The van der Waals surface area contributed by atoms with E-state index in [1.54, 1.807) is 12.1 Å². The lowest BCUT2D eigenvalue weighted by molar-refractivity contribution is -0.127. The fraction of sp³-hybridized carbons (Fsp3) is 0.222. The summed E-state index contributed by atoms with van der Waals surface area (Å²) in [6.07, 6.45) is -0.580. The Labute approximate surface area is 144 Å². The van der Waals surface area contributed by atoms with Crippen molar-refractivity contribution < 1.29 is 14.7 Å². The van der Waals surface area contributed by atoms with Gasteiger partial charge in [-0.3, -0.25) is 10.1 Å². The first-order chi connectivity index (χ1) is 11.4. The lowest BCUT2D eigenvalue weighted by atomic mass is 9.85. The van der Waals surface area contributed by atoms with Crippen LogP contribution in [0.25, 0.3) is 0 Å². The normalized spacial score (nSPS) is 21.3. The number of hydrogen-bond acceptors (Lipinski definition) is 3. The summed E-state index contributed by atoms with van der Waals surface area (Å²) in [5.41, 5.74) is 1.12. The zero-order valence-corrected chi connectivity index (χ0v) is 13.8. The Morgan fingerprint density at radius 1 is 1.12 bits per heavy atom. The number of carbonyl (C=O) groups is 2. The SMILES string of the molecule is CC1(C(O)c2ccccc2Cc2ccc(Cl)cc2)NC(=O)NC1=O. The van der Waals surface area contributed by atoms with Gasteiger partial charge < -0.3 is 10.4 Å². The molecule has 0 bridgehead atoms. The highest BCUT2D eigenvalue weighted by Crippen LogP contribution is 2.31. The predicted octanol–water partition coefficient (Wildman–Crippen LogP) is 2.56. The van der Waals surface area contributed by atoms with Gasteiger partial charge in [0.25, 0.3) is 5.91 Å². The molecule has 1 heterocycles. The Bertz CT molecular complexity index is 791. The molecule has 6 heteroatoms. The smallest absolute Gasteiger partial charge is 0.322 e. The minimum absolute atomic E-state index is 0.540. The molecule has 2 aromatic rings. The van der Waals surface area contributed by atoms with Gasteiger partial charge in [-0.25, -0.2) is 4.79 Å². The molecule has 24 heavy (non-hydrogen) atoms. The molecule has 0 saturated carbocycles. The molecule has 0 aliphatic carbocycles. The third-order valence-electron chi connectivity index (χ3n) is 4.28. The van der Waals surface area contributed by atoms with Crippen molar-refractivity contribution in [3.8, 4) is 0 Å². The Balaban J connectivity index is 1.93. The second-order valence-corrected chi connectivity index (χ2v) is 6.45. The monoisotopic (exact) mass is 344 g/mol. The van der Waals surface area contributed by atoms with E-state index in [9.17, 15) is 14.7 Å². The number of rotatable bonds is 4. The van der Waals surface area contributed by atoms with Crippen LogP contribution in [0.3, 0.4) is 0 Å². The molecule has 1 aliphatic heterocycles. The van der Waals surface area contributed by atoms with Crippen LogP contribution in [0.4, 0.5) is 4.79 Å². The Morgan fingerprint density at radius 3 is 2.42 bits per heavy atom. The number of benzene rings is 2. The molecule has 1 aliphatic rings. The molecule has 2 unspecified atom stereocenters. The first-order valence-electron chi connectivity index (χ1n) is 7.54. The van der Waals surface area contributed by atoms with E-state index >= 15 is 0 Å². The molecule has 3 amide bonds. The number of aliphatic hydroxyl groups is 1. The van der Waals surface area contributed by atoms with Gasteiger partial charge >= 0.3 is 6.03 Å². The van der Waals surface area contributed by atoms with Gasteiger partial charge in [-0.2, -0.15) is 0 Å². The van der Waals surface area contributed by atoms with Crippen molar-refractivity contribution in [2.24, 2.45) is 0 Å². The van der Waals surface area contributed by atoms with E-state index in [4.69, 9.17) is 11.6 Å². The number of nitrogens with one attached hydrogen (secondary N) is 2. The minimum Gasteiger partial charge on any atom is -0.385 e. The maximum absolute atomic E-state index is 12.1. The van der Waals surface area contributed by atoms with Gasteiger partial charge in [-0.1, -0.05) is 48.0 Å². The Hall–Kier alpha value is -2.37. The molecule has 124 valence electrons. The molecule has 1 saturated heterocycles.